The maximum atomic E-state index is 12.0. The molecule has 0 bridgehead atoms. The number of fused-ring (bicyclic) bond motifs is 1. The van der Waals surface area contributed by atoms with Gasteiger partial charge in [0.25, 0.3) is 5.91 Å². The smallest absolute Gasteiger partial charge is 0.274 e. The Balaban J connectivity index is 2.53. The van der Waals surface area contributed by atoms with Gasteiger partial charge in [0.05, 0.1) is 12.7 Å². The largest absolute Gasteiger partial charge is 0.280 e. The SMILES string of the molecule is CCc1nc2c(C(=O)N(C)OC)cccn2n1. The van der Waals surface area contributed by atoms with Crippen LogP contribution in [0.25, 0.3) is 5.65 Å². The molecule has 0 fully saturated rings. The highest BCUT2D eigenvalue weighted by atomic mass is 16.7. The van der Waals surface area contributed by atoms with Crippen molar-refractivity contribution in [2.75, 3.05) is 14.2 Å². The van der Waals surface area contributed by atoms with Crippen LogP contribution < -0.4 is 0 Å². The summed E-state index contributed by atoms with van der Waals surface area (Å²) < 4.78 is 1.61. The van der Waals surface area contributed by atoms with E-state index in [0.29, 0.717) is 17.0 Å². The molecule has 0 aliphatic rings. The molecule has 0 unspecified atom stereocenters. The summed E-state index contributed by atoms with van der Waals surface area (Å²) in [7, 11) is 3.00. The van der Waals surface area contributed by atoms with Crippen molar-refractivity contribution in [2.24, 2.45) is 0 Å². The van der Waals surface area contributed by atoms with Crippen LogP contribution in [-0.4, -0.2) is 39.7 Å². The lowest BCUT2D eigenvalue weighted by molar-refractivity contribution is -0.0756. The Morgan fingerprint density at radius 1 is 1.59 bits per heavy atom. The number of pyridine rings is 1. The molecule has 0 aromatic carbocycles. The molecule has 2 aromatic rings. The lowest BCUT2D eigenvalue weighted by atomic mass is 10.2. The second-order valence-electron chi connectivity index (χ2n) is 3.56. The fraction of sp³-hybridized carbons (Fsp3) is 0.364. The standard InChI is InChI=1S/C11H14N4O2/c1-4-9-12-10-8(11(16)14(2)17-3)6-5-7-15(10)13-9/h5-7H,4H2,1-3H3. The lowest BCUT2D eigenvalue weighted by Crippen LogP contribution is -2.25. The number of rotatable bonds is 3. The summed E-state index contributed by atoms with van der Waals surface area (Å²) in [6.07, 6.45) is 2.50. The van der Waals surface area contributed by atoms with Gasteiger partial charge in [-0.2, -0.15) is 5.10 Å². The number of hydroxylamine groups is 2. The molecule has 0 N–H and O–H groups in total. The van der Waals surface area contributed by atoms with Gasteiger partial charge in [0.15, 0.2) is 11.5 Å². The first-order chi connectivity index (χ1) is 8.17. The van der Waals surface area contributed by atoms with Crippen LogP contribution in [0.4, 0.5) is 0 Å². The van der Waals surface area contributed by atoms with E-state index in [1.54, 1.807) is 29.9 Å². The fourth-order valence-electron chi connectivity index (χ4n) is 1.52. The van der Waals surface area contributed by atoms with Crippen molar-refractivity contribution >= 4 is 11.6 Å². The van der Waals surface area contributed by atoms with E-state index in [4.69, 9.17) is 4.84 Å². The number of carbonyl (C=O) groups excluding carboxylic acids is 1. The van der Waals surface area contributed by atoms with Gasteiger partial charge in [-0.25, -0.2) is 14.6 Å². The maximum Gasteiger partial charge on any atom is 0.280 e. The van der Waals surface area contributed by atoms with E-state index in [9.17, 15) is 4.79 Å². The number of aromatic nitrogens is 3. The topological polar surface area (TPSA) is 59.7 Å². The van der Waals surface area contributed by atoms with E-state index in [1.165, 1.54) is 7.11 Å². The van der Waals surface area contributed by atoms with Crippen LogP contribution >= 0.6 is 0 Å². The second kappa shape index (κ2) is 4.50. The Morgan fingerprint density at radius 3 is 3.00 bits per heavy atom. The Morgan fingerprint density at radius 2 is 2.35 bits per heavy atom. The van der Waals surface area contributed by atoms with Gasteiger partial charge in [0, 0.05) is 19.7 Å². The van der Waals surface area contributed by atoms with Gasteiger partial charge >= 0.3 is 0 Å². The molecule has 6 heteroatoms. The zero-order chi connectivity index (χ0) is 12.4. The summed E-state index contributed by atoms with van der Waals surface area (Å²) in [4.78, 5) is 21.2. The Kier molecular flexibility index (Phi) is 3.06. The first-order valence-electron chi connectivity index (χ1n) is 5.33. The van der Waals surface area contributed by atoms with Crippen LogP contribution in [-0.2, 0) is 11.3 Å². The summed E-state index contributed by atoms with van der Waals surface area (Å²) >= 11 is 0. The average Bonchev–Trinajstić information content (AvgIpc) is 2.79. The van der Waals surface area contributed by atoms with Gasteiger partial charge in [-0.3, -0.25) is 9.63 Å². The summed E-state index contributed by atoms with van der Waals surface area (Å²) in [5, 5.41) is 5.42. The van der Waals surface area contributed by atoms with Crippen molar-refractivity contribution in [1.29, 1.82) is 0 Å². The van der Waals surface area contributed by atoms with Crippen LogP contribution in [0.1, 0.15) is 23.1 Å². The van der Waals surface area contributed by atoms with Crippen LogP contribution in [0.2, 0.25) is 0 Å². The molecular formula is C11H14N4O2. The number of hydrogen-bond donors (Lipinski definition) is 0. The summed E-state index contributed by atoms with van der Waals surface area (Å²) in [6, 6.07) is 3.47. The molecule has 0 saturated carbocycles. The summed E-state index contributed by atoms with van der Waals surface area (Å²) in [5.74, 6) is 0.471. The maximum absolute atomic E-state index is 12.0. The molecule has 17 heavy (non-hydrogen) atoms. The molecule has 0 spiro atoms. The minimum Gasteiger partial charge on any atom is -0.274 e. The predicted molar refractivity (Wildman–Crippen MR) is 61.5 cm³/mol. The normalized spacial score (nSPS) is 10.8. The lowest BCUT2D eigenvalue weighted by Gasteiger charge is -2.13. The highest BCUT2D eigenvalue weighted by molar-refractivity contribution is 5.98. The molecule has 0 aliphatic carbocycles. The molecule has 2 aromatic heterocycles. The number of carbonyl (C=O) groups is 1. The number of nitrogens with zero attached hydrogens (tertiary/aromatic N) is 4. The van der Waals surface area contributed by atoms with Crippen molar-refractivity contribution in [2.45, 2.75) is 13.3 Å². The highest BCUT2D eigenvalue weighted by Crippen LogP contribution is 2.11. The van der Waals surface area contributed by atoms with Crippen molar-refractivity contribution < 1.29 is 9.63 Å². The third kappa shape index (κ3) is 1.99. The summed E-state index contributed by atoms with van der Waals surface area (Å²) in [6.45, 7) is 1.97. The Labute approximate surface area is 98.8 Å². The highest BCUT2D eigenvalue weighted by Gasteiger charge is 2.17. The van der Waals surface area contributed by atoms with E-state index in [0.717, 1.165) is 11.5 Å². The molecule has 0 radical (unpaired) electrons. The fourth-order valence-corrected chi connectivity index (χ4v) is 1.52. The monoisotopic (exact) mass is 234 g/mol. The molecule has 90 valence electrons. The molecule has 0 atom stereocenters. The van der Waals surface area contributed by atoms with E-state index < -0.39 is 0 Å². The van der Waals surface area contributed by atoms with Crippen molar-refractivity contribution in [3.05, 3.63) is 29.7 Å². The van der Waals surface area contributed by atoms with Gasteiger partial charge in [0.2, 0.25) is 0 Å². The van der Waals surface area contributed by atoms with Crippen molar-refractivity contribution in [3.8, 4) is 0 Å². The molecule has 0 aliphatic heterocycles. The van der Waals surface area contributed by atoms with Gasteiger partial charge in [0.1, 0.15) is 0 Å². The molecule has 1 amide bonds. The first-order valence-corrected chi connectivity index (χ1v) is 5.33. The van der Waals surface area contributed by atoms with Gasteiger partial charge in [-0.05, 0) is 12.1 Å². The Bertz CT molecular complexity index is 549. The first kappa shape index (κ1) is 11.5. The quantitative estimate of drug-likeness (QED) is 0.741. The van der Waals surface area contributed by atoms with Gasteiger partial charge < -0.3 is 0 Å². The van der Waals surface area contributed by atoms with E-state index in [1.807, 2.05) is 6.92 Å². The van der Waals surface area contributed by atoms with Crippen LogP contribution in [0.15, 0.2) is 18.3 Å². The predicted octanol–water partition coefficient (Wildman–Crippen LogP) is 0.925. The molecular weight excluding hydrogens is 220 g/mol. The van der Waals surface area contributed by atoms with Crippen LogP contribution in [0, 0.1) is 0 Å². The van der Waals surface area contributed by atoms with E-state index in [2.05, 4.69) is 10.1 Å². The average molecular weight is 234 g/mol. The van der Waals surface area contributed by atoms with Crippen molar-refractivity contribution in [1.82, 2.24) is 19.7 Å². The number of hydrogen-bond acceptors (Lipinski definition) is 4. The minimum atomic E-state index is -0.242. The third-order valence-corrected chi connectivity index (χ3v) is 2.51. The Hall–Kier alpha value is -1.95. The van der Waals surface area contributed by atoms with Gasteiger partial charge in [-0.1, -0.05) is 6.92 Å². The van der Waals surface area contributed by atoms with Crippen LogP contribution in [0.3, 0.4) is 0 Å². The second-order valence-corrected chi connectivity index (χ2v) is 3.56. The summed E-state index contributed by atoms with van der Waals surface area (Å²) in [5.41, 5.74) is 1.03. The molecule has 2 rings (SSSR count). The minimum absolute atomic E-state index is 0.242. The number of aryl methyl sites for hydroxylation is 1. The van der Waals surface area contributed by atoms with E-state index in [-0.39, 0.29) is 5.91 Å². The van der Waals surface area contributed by atoms with E-state index >= 15 is 0 Å². The molecule has 2 heterocycles. The van der Waals surface area contributed by atoms with Gasteiger partial charge in [-0.15, -0.1) is 0 Å². The molecule has 0 saturated heterocycles. The molecule has 6 nitrogen and oxygen atoms in total. The third-order valence-electron chi connectivity index (χ3n) is 2.51. The zero-order valence-corrected chi connectivity index (χ0v) is 10.0. The van der Waals surface area contributed by atoms with Crippen molar-refractivity contribution in [3.63, 3.8) is 0 Å². The van der Waals surface area contributed by atoms with Crippen LogP contribution in [0.5, 0.6) is 0 Å². The number of amides is 1. The zero-order valence-electron chi connectivity index (χ0n) is 10.0.